The largest absolute Gasteiger partial charge is 0.479 e. The summed E-state index contributed by atoms with van der Waals surface area (Å²) in [7, 11) is -3.66. The lowest BCUT2D eigenvalue weighted by Crippen LogP contribution is -2.38. The monoisotopic (exact) mass is 266 g/mol. The molecule has 1 aliphatic heterocycles. The molecule has 0 radical (unpaired) electrons. The second-order valence-electron chi connectivity index (χ2n) is 4.05. The van der Waals surface area contributed by atoms with Crippen LogP contribution < -0.4 is 5.14 Å². The minimum Gasteiger partial charge on any atom is -0.479 e. The molecule has 1 amide bonds. The molecule has 17 heavy (non-hydrogen) atoms. The molecule has 0 saturated carbocycles. The molecule has 0 aromatic heterocycles. The molecule has 1 fully saturated rings. The van der Waals surface area contributed by atoms with Gasteiger partial charge in [-0.1, -0.05) is 0 Å². The SMILES string of the molecule is NS(=O)(=O)CC1CC(=O)N(C[C@H](O)C(=O)O)C1. The number of hydrogen-bond acceptors (Lipinski definition) is 5. The number of carboxylic acid groups (broad SMARTS) is 1. The molecule has 0 bridgehead atoms. The minimum atomic E-state index is -3.66. The Morgan fingerprint density at radius 2 is 2.18 bits per heavy atom. The quantitative estimate of drug-likeness (QED) is 0.505. The Kier molecular flexibility index (Phi) is 4.07. The predicted octanol–water partition coefficient (Wildman–Crippen LogP) is -2.43. The Morgan fingerprint density at radius 3 is 2.65 bits per heavy atom. The number of carbonyl (C=O) groups is 2. The summed E-state index contributed by atoms with van der Waals surface area (Å²) in [6.07, 6.45) is -1.66. The molecule has 1 rings (SSSR count). The fourth-order valence-corrected chi connectivity index (χ4v) is 2.64. The maximum absolute atomic E-state index is 11.4. The second-order valence-corrected chi connectivity index (χ2v) is 5.71. The molecule has 1 unspecified atom stereocenters. The number of likely N-dealkylation sites (tertiary alicyclic amines) is 1. The number of primary sulfonamides is 1. The van der Waals surface area contributed by atoms with Gasteiger partial charge in [-0.3, -0.25) is 4.79 Å². The third kappa shape index (κ3) is 4.29. The Labute approximate surface area is 98.1 Å². The fourth-order valence-electron chi connectivity index (χ4n) is 1.76. The van der Waals surface area contributed by atoms with E-state index in [2.05, 4.69) is 0 Å². The first-order valence-electron chi connectivity index (χ1n) is 4.88. The molecule has 9 heteroatoms. The second kappa shape index (κ2) is 4.98. The number of aliphatic carboxylic acids is 1. The average molecular weight is 266 g/mol. The van der Waals surface area contributed by atoms with Crippen LogP contribution in [0.25, 0.3) is 0 Å². The first-order valence-corrected chi connectivity index (χ1v) is 6.59. The molecule has 4 N–H and O–H groups in total. The van der Waals surface area contributed by atoms with Crippen LogP contribution in [0.15, 0.2) is 0 Å². The molecular formula is C8H14N2O6S. The summed E-state index contributed by atoms with van der Waals surface area (Å²) in [4.78, 5) is 22.9. The van der Waals surface area contributed by atoms with Crippen molar-refractivity contribution in [3.8, 4) is 0 Å². The number of hydrogen-bond donors (Lipinski definition) is 3. The fraction of sp³-hybridized carbons (Fsp3) is 0.750. The number of aliphatic hydroxyl groups excluding tert-OH is 1. The lowest BCUT2D eigenvalue weighted by molar-refractivity contribution is -0.148. The molecule has 0 aromatic rings. The lowest BCUT2D eigenvalue weighted by Gasteiger charge is -2.18. The van der Waals surface area contributed by atoms with Crippen molar-refractivity contribution >= 4 is 21.9 Å². The van der Waals surface area contributed by atoms with Crippen molar-refractivity contribution in [2.45, 2.75) is 12.5 Å². The third-order valence-electron chi connectivity index (χ3n) is 2.44. The highest BCUT2D eigenvalue weighted by Gasteiger charge is 2.33. The number of nitrogens with two attached hydrogens (primary N) is 1. The summed E-state index contributed by atoms with van der Waals surface area (Å²) in [6, 6.07) is 0. The summed E-state index contributed by atoms with van der Waals surface area (Å²) in [6.45, 7) is -0.241. The van der Waals surface area contributed by atoms with Gasteiger partial charge in [0, 0.05) is 18.9 Å². The van der Waals surface area contributed by atoms with E-state index in [-0.39, 0.29) is 31.2 Å². The first-order chi connectivity index (χ1) is 7.69. The van der Waals surface area contributed by atoms with Gasteiger partial charge in [-0.2, -0.15) is 0 Å². The molecule has 1 saturated heterocycles. The number of β-amino-alcohol motifs (C(OH)–C–C–N with tert-alkyl or cyclic N) is 1. The van der Waals surface area contributed by atoms with Crippen LogP contribution >= 0.6 is 0 Å². The van der Waals surface area contributed by atoms with E-state index >= 15 is 0 Å². The van der Waals surface area contributed by atoms with Crippen molar-refractivity contribution in [3.05, 3.63) is 0 Å². The number of carboxylic acids is 1. The molecule has 1 aliphatic rings. The number of sulfonamides is 1. The van der Waals surface area contributed by atoms with Gasteiger partial charge in [-0.25, -0.2) is 18.4 Å². The third-order valence-corrected chi connectivity index (χ3v) is 3.38. The van der Waals surface area contributed by atoms with Crippen LogP contribution in [0.1, 0.15) is 6.42 Å². The molecule has 0 spiro atoms. The molecule has 1 heterocycles. The van der Waals surface area contributed by atoms with Crippen molar-refractivity contribution < 1.29 is 28.2 Å². The Morgan fingerprint density at radius 1 is 1.59 bits per heavy atom. The Bertz CT molecular complexity index is 420. The van der Waals surface area contributed by atoms with E-state index in [1.54, 1.807) is 0 Å². The maximum atomic E-state index is 11.4. The van der Waals surface area contributed by atoms with Crippen molar-refractivity contribution in [1.29, 1.82) is 0 Å². The van der Waals surface area contributed by atoms with Crippen LogP contribution in [-0.4, -0.2) is 60.4 Å². The van der Waals surface area contributed by atoms with E-state index < -0.39 is 28.0 Å². The Hall–Kier alpha value is -1.19. The van der Waals surface area contributed by atoms with Crippen molar-refractivity contribution in [1.82, 2.24) is 4.90 Å². The molecule has 8 nitrogen and oxygen atoms in total. The zero-order valence-electron chi connectivity index (χ0n) is 8.94. The van der Waals surface area contributed by atoms with Crippen LogP contribution in [0.3, 0.4) is 0 Å². The van der Waals surface area contributed by atoms with E-state index in [0.717, 1.165) is 4.90 Å². The van der Waals surface area contributed by atoms with E-state index in [0.29, 0.717) is 0 Å². The molecule has 0 aliphatic carbocycles. The average Bonchev–Trinajstić information content (AvgIpc) is 2.43. The number of aliphatic hydroxyl groups is 1. The van der Waals surface area contributed by atoms with Crippen LogP contribution in [0.4, 0.5) is 0 Å². The smallest absolute Gasteiger partial charge is 0.334 e. The summed E-state index contributed by atoms with van der Waals surface area (Å²) >= 11 is 0. The van der Waals surface area contributed by atoms with E-state index in [9.17, 15) is 18.0 Å². The number of nitrogens with zero attached hydrogens (tertiary/aromatic N) is 1. The van der Waals surface area contributed by atoms with E-state index in [4.69, 9.17) is 15.4 Å². The first kappa shape index (κ1) is 13.9. The standard InChI is InChI=1S/C8H14N2O6S/c9-17(15,16)4-5-1-7(12)10(2-5)3-6(11)8(13)14/h5-6,11H,1-4H2,(H,13,14)(H2,9,15,16)/t5?,6-/m0/s1. The van der Waals surface area contributed by atoms with Crippen LogP contribution in [-0.2, 0) is 19.6 Å². The van der Waals surface area contributed by atoms with Crippen molar-refractivity contribution in [2.75, 3.05) is 18.8 Å². The highest BCUT2D eigenvalue weighted by molar-refractivity contribution is 7.89. The minimum absolute atomic E-state index is 0.00275. The number of rotatable bonds is 5. The number of amides is 1. The Balaban J connectivity index is 2.56. The summed E-state index contributed by atoms with van der Waals surface area (Å²) in [5.74, 6) is -2.57. The summed E-state index contributed by atoms with van der Waals surface area (Å²) in [5.41, 5.74) is 0. The van der Waals surface area contributed by atoms with Crippen LogP contribution in [0.5, 0.6) is 0 Å². The van der Waals surface area contributed by atoms with Gasteiger partial charge in [-0.05, 0) is 0 Å². The molecule has 2 atom stereocenters. The van der Waals surface area contributed by atoms with Crippen molar-refractivity contribution in [3.63, 3.8) is 0 Å². The van der Waals surface area contributed by atoms with Crippen molar-refractivity contribution in [2.24, 2.45) is 11.1 Å². The van der Waals surface area contributed by atoms with Gasteiger partial charge in [0.15, 0.2) is 6.10 Å². The number of carbonyl (C=O) groups excluding carboxylic acids is 1. The normalized spacial score (nSPS) is 22.8. The molecular weight excluding hydrogens is 252 g/mol. The highest BCUT2D eigenvalue weighted by Crippen LogP contribution is 2.19. The summed E-state index contributed by atoms with van der Waals surface area (Å²) in [5, 5.41) is 22.4. The predicted molar refractivity (Wildman–Crippen MR) is 56.3 cm³/mol. The van der Waals surface area contributed by atoms with Gasteiger partial charge in [0.1, 0.15) is 0 Å². The van der Waals surface area contributed by atoms with Gasteiger partial charge >= 0.3 is 5.97 Å². The van der Waals surface area contributed by atoms with E-state index in [1.807, 2.05) is 0 Å². The molecule has 0 aromatic carbocycles. The lowest BCUT2D eigenvalue weighted by atomic mass is 10.1. The van der Waals surface area contributed by atoms with Gasteiger partial charge < -0.3 is 15.1 Å². The van der Waals surface area contributed by atoms with Gasteiger partial charge in [0.2, 0.25) is 15.9 Å². The van der Waals surface area contributed by atoms with Gasteiger partial charge in [0.25, 0.3) is 0 Å². The van der Waals surface area contributed by atoms with Crippen LogP contribution in [0.2, 0.25) is 0 Å². The van der Waals surface area contributed by atoms with Gasteiger partial charge in [-0.15, -0.1) is 0 Å². The molecule has 98 valence electrons. The highest BCUT2D eigenvalue weighted by atomic mass is 32.2. The maximum Gasteiger partial charge on any atom is 0.334 e. The van der Waals surface area contributed by atoms with Gasteiger partial charge in [0.05, 0.1) is 12.3 Å². The summed E-state index contributed by atoms with van der Waals surface area (Å²) < 4.78 is 21.7. The zero-order valence-corrected chi connectivity index (χ0v) is 9.76. The van der Waals surface area contributed by atoms with Crippen LogP contribution in [0, 0.1) is 5.92 Å². The topological polar surface area (TPSA) is 138 Å². The van der Waals surface area contributed by atoms with E-state index in [1.165, 1.54) is 0 Å². The zero-order chi connectivity index (χ0) is 13.2.